The van der Waals surface area contributed by atoms with Crippen LogP contribution in [0.15, 0.2) is 17.5 Å². The molecule has 0 aliphatic carbocycles. The molecule has 0 radical (unpaired) electrons. The van der Waals surface area contributed by atoms with Gasteiger partial charge < -0.3 is 10.1 Å². The molecule has 0 saturated heterocycles. The predicted octanol–water partition coefficient (Wildman–Crippen LogP) is 2.11. The molecule has 0 fully saturated rings. The van der Waals surface area contributed by atoms with Crippen molar-refractivity contribution in [1.82, 2.24) is 10.2 Å². The first-order valence-corrected chi connectivity index (χ1v) is 7.55. The molecule has 5 heteroatoms. The number of carbonyl (C=O) groups is 1. The molecular weight excluding hydrogens is 260 g/mol. The van der Waals surface area contributed by atoms with Crippen LogP contribution in [0.3, 0.4) is 0 Å². The lowest BCUT2D eigenvalue weighted by molar-refractivity contribution is -0.122. The molecule has 1 amide bonds. The minimum absolute atomic E-state index is 0.0728. The molecule has 1 aromatic heterocycles. The average molecular weight is 284 g/mol. The van der Waals surface area contributed by atoms with Gasteiger partial charge in [0.1, 0.15) is 0 Å². The first kappa shape index (κ1) is 16.1. The third-order valence-electron chi connectivity index (χ3n) is 2.51. The summed E-state index contributed by atoms with van der Waals surface area (Å²) >= 11 is 1.72. The number of nitrogens with one attached hydrogen (secondary N) is 1. The summed E-state index contributed by atoms with van der Waals surface area (Å²) in [7, 11) is 1.96. The number of hydrogen-bond acceptors (Lipinski definition) is 4. The number of hydrogen-bond donors (Lipinski definition) is 1. The molecule has 0 aliphatic rings. The number of ether oxygens (including phenoxy) is 1. The lowest BCUT2D eigenvalue weighted by Crippen LogP contribution is -2.35. The van der Waals surface area contributed by atoms with Crippen molar-refractivity contribution in [3.8, 4) is 0 Å². The molecule has 1 rings (SSSR count). The predicted molar refractivity (Wildman–Crippen MR) is 79.4 cm³/mol. The summed E-state index contributed by atoms with van der Waals surface area (Å²) in [6.07, 6.45) is 1.12. The summed E-state index contributed by atoms with van der Waals surface area (Å²) in [5.41, 5.74) is 0. The Morgan fingerprint density at radius 3 is 2.95 bits per heavy atom. The Labute approximate surface area is 119 Å². The molecule has 0 saturated carbocycles. The monoisotopic (exact) mass is 284 g/mol. The van der Waals surface area contributed by atoms with Crippen LogP contribution in [0.2, 0.25) is 0 Å². The zero-order chi connectivity index (χ0) is 14.1. The highest BCUT2D eigenvalue weighted by atomic mass is 32.1. The van der Waals surface area contributed by atoms with E-state index in [1.807, 2.05) is 31.9 Å². The standard InChI is InChI=1S/C14H24N2O2S/c1-12(2)18-8-5-7-15-14(17)11-16(3)10-13-6-4-9-19-13/h4,6,9,12H,5,7-8,10-11H2,1-3H3,(H,15,17). The van der Waals surface area contributed by atoms with Gasteiger partial charge in [-0.2, -0.15) is 0 Å². The maximum atomic E-state index is 11.7. The summed E-state index contributed by atoms with van der Waals surface area (Å²) < 4.78 is 5.41. The molecule has 0 atom stereocenters. The zero-order valence-corrected chi connectivity index (χ0v) is 12.8. The van der Waals surface area contributed by atoms with E-state index in [0.717, 1.165) is 13.0 Å². The van der Waals surface area contributed by atoms with E-state index in [2.05, 4.69) is 16.8 Å². The van der Waals surface area contributed by atoms with Gasteiger partial charge in [-0.1, -0.05) is 6.07 Å². The quantitative estimate of drug-likeness (QED) is 0.706. The van der Waals surface area contributed by atoms with Crippen molar-refractivity contribution in [2.45, 2.75) is 32.9 Å². The third-order valence-corrected chi connectivity index (χ3v) is 3.37. The number of nitrogens with zero attached hydrogens (tertiary/aromatic N) is 1. The van der Waals surface area contributed by atoms with Crippen LogP contribution in [0, 0.1) is 0 Å². The lowest BCUT2D eigenvalue weighted by Gasteiger charge is -2.15. The van der Waals surface area contributed by atoms with Gasteiger partial charge in [-0.05, 0) is 38.8 Å². The van der Waals surface area contributed by atoms with Crippen molar-refractivity contribution < 1.29 is 9.53 Å². The molecule has 4 nitrogen and oxygen atoms in total. The minimum atomic E-state index is 0.0728. The molecule has 1 aromatic rings. The Kier molecular flexibility index (Phi) is 7.70. The fraction of sp³-hybridized carbons (Fsp3) is 0.643. The largest absolute Gasteiger partial charge is 0.379 e. The maximum absolute atomic E-state index is 11.7. The van der Waals surface area contributed by atoms with Gasteiger partial charge in [0.25, 0.3) is 0 Å². The number of amides is 1. The summed E-state index contributed by atoms with van der Waals surface area (Å²) in [5, 5.41) is 4.96. The van der Waals surface area contributed by atoms with Gasteiger partial charge >= 0.3 is 0 Å². The SMILES string of the molecule is CC(C)OCCCNC(=O)CN(C)Cc1cccs1. The zero-order valence-electron chi connectivity index (χ0n) is 12.0. The molecule has 19 heavy (non-hydrogen) atoms. The van der Waals surface area contributed by atoms with E-state index in [0.29, 0.717) is 19.7 Å². The van der Waals surface area contributed by atoms with Gasteiger partial charge in [-0.25, -0.2) is 0 Å². The number of carbonyl (C=O) groups excluding carboxylic acids is 1. The van der Waals surface area contributed by atoms with E-state index in [9.17, 15) is 4.79 Å². The lowest BCUT2D eigenvalue weighted by atomic mass is 10.4. The van der Waals surface area contributed by atoms with E-state index < -0.39 is 0 Å². The highest BCUT2D eigenvalue weighted by Gasteiger charge is 2.07. The van der Waals surface area contributed by atoms with Crippen LogP contribution in [-0.4, -0.2) is 43.7 Å². The summed E-state index contributed by atoms with van der Waals surface area (Å²) in [6.45, 7) is 6.65. The van der Waals surface area contributed by atoms with Crippen molar-refractivity contribution in [3.63, 3.8) is 0 Å². The Bertz CT molecular complexity index is 352. The molecule has 1 heterocycles. The van der Waals surface area contributed by atoms with Crippen LogP contribution in [-0.2, 0) is 16.1 Å². The maximum Gasteiger partial charge on any atom is 0.234 e. The second kappa shape index (κ2) is 9.07. The van der Waals surface area contributed by atoms with Crippen LogP contribution >= 0.6 is 11.3 Å². The van der Waals surface area contributed by atoms with Crippen molar-refractivity contribution in [2.24, 2.45) is 0 Å². The third kappa shape index (κ3) is 7.97. The second-order valence-electron chi connectivity index (χ2n) is 4.87. The summed E-state index contributed by atoms with van der Waals surface area (Å²) in [6, 6.07) is 4.12. The number of rotatable bonds is 9. The molecule has 0 aliphatic heterocycles. The van der Waals surface area contributed by atoms with Gasteiger partial charge in [0.2, 0.25) is 5.91 Å². The molecule has 0 aromatic carbocycles. The fourth-order valence-electron chi connectivity index (χ4n) is 1.64. The van der Waals surface area contributed by atoms with Crippen molar-refractivity contribution in [1.29, 1.82) is 0 Å². The Balaban J connectivity index is 2.06. The average Bonchev–Trinajstić information content (AvgIpc) is 2.80. The van der Waals surface area contributed by atoms with E-state index in [4.69, 9.17) is 4.74 Å². The van der Waals surface area contributed by atoms with Crippen molar-refractivity contribution in [3.05, 3.63) is 22.4 Å². The Morgan fingerprint density at radius 2 is 2.32 bits per heavy atom. The number of likely N-dealkylation sites (N-methyl/N-ethyl adjacent to an activating group) is 1. The Morgan fingerprint density at radius 1 is 1.53 bits per heavy atom. The summed E-state index contributed by atoms with van der Waals surface area (Å²) in [4.78, 5) is 15.0. The van der Waals surface area contributed by atoms with Crippen LogP contribution in [0.25, 0.3) is 0 Å². The molecule has 108 valence electrons. The molecule has 0 unspecified atom stereocenters. The highest BCUT2D eigenvalue weighted by molar-refractivity contribution is 7.09. The molecular formula is C14H24N2O2S. The van der Waals surface area contributed by atoms with Crippen LogP contribution in [0.4, 0.5) is 0 Å². The van der Waals surface area contributed by atoms with Gasteiger partial charge in [-0.15, -0.1) is 11.3 Å². The first-order chi connectivity index (χ1) is 9.08. The van der Waals surface area contributed by atoms with Gasteiger partial charge in [-0.3, -0.25) is 9.69 Å². The van der Waals surface area contributed by atoms with Crippen molar-refractivity contribution in [2.75, 3.05) is 26.7 Å². The highest BCUT2D eigenvalue weighted by Crippen LogP contribution is 2.10. The van der Waals surface area contributed by atoms with E-state index in [1.165, 1.54) is 4.88 Å². The van der Waals surface area contributed by atoms with Gasteiger partial charge in [0.05, 0.1) is 12.6 Å². The van der Waals surface area contributed by atoms with Gasteiger partial charge in [0.15, 0.2) is 0 Å². The first-order valence-electron chi connectivity index (χ1n) is 6.67. The number of thiophene rings is 1. The molecule has 0 bridgehead atoms. The second-order valence-corrected chi connectivity index (χ2v) is 5.91. The fourth-order valence-corrected chi connectivity index (χ4v) is 2.43. The van der Waals surface area contributed by atoms with Crippen LogP contribution < -0.4 is 5.32 Å². The van der Waals surface area contributed by atoms with E-state index >= 15 is 0 Å². The topological polar surface area (TPSA) is 41.6 Å². The summed E-state index contributed by atoms with van der Waals surface area (Å²) in [5.74, 6) is 0.0728. The Hall–Kier alpha value is -0.910. The van der Waals surface area contributed by atoms with E-state index in [1.54, 1.807) is 11.3 Å². The van der Waals surface area contributed by atoms with Crippen molar-refractivity contribution >= 4 is 17.2 Å². The minimum Gasteiger partial charge on any atom is -0.379 e. The molecule has 0 spiro atoms. The van der Waals surface area contributed by atoms with Crippen LogP contribution in [0.1, 0.15) is 25.1 Å². The van der Waals surface area contributed by atoms with Gasteiger partial charge in [0, 0.05) is 24.6 Å². The van der Waals surface area contributed by atoms with E-state index in [-0.39, 0.29) is 12.0 Å². The normalized spacial score (nSPS) is 11.2. The van der Waals surface area contributed by atoms with Crippen LogP contribution in [0.5, 0.6) is 0 Å². The molecule has 1 N–H and O–H groups in total. The smallest absolute Gasteiger partial charge is 0.234 e.